The lowest BCUT2D eigenvalue weighted by atomic mass is 9.97. The molecule has 0 aliphatic heterocycles. The highest BCUT2D eigenvalue weighted by Crippen LogP contribution is 2.14. The lowest BCUT2D eigenvalue weighted by Crippen LogP contribution is -2.39. The molecular formula is C18H27N3O5. The van der Waals surface area contributed by atoms with Gasteiger partial charge in [-0.05, 0) is 18.4 Å². The summed E-state index contributed by atoms with van der Waals surface area (Å²) in [5.74, 6) is -1.95. The largest absolute Gasteiger partial charge is 0.377 e. The summed E-state index contributed by atoms with van der Waals surface area (Å²) in [6.07, 6.45) is 1.75. The maximum atomic E-state index is 12.1. The second-order valence-corrected chi connectivity index (χ2v) is 5.86. The summed E-state index contributed by atoms with van der Waals surface area (Å²) < 4.78 is 5.59. The number of carbonyl (C=O) groups is 3. The van der Waals surface area contributed by atoms with Crippen LogP contribution in [0.4, 0.5) is 0 Å². The van der Waals surface area contributed by atoms with Gasteiger partial charge in [-0.2, -0.15) is 0 Å². The van der Waals surface area contributed by atoms with Gasteiger partial charge in [0, 0.05) is 26.0 Å². The molecule has 0 spiro atoms. The minimum atomic E-state index is -0.634. The number of ether oxygens (including phenoxy) is 1. The fraction of sp³-hybridized carbons (Fsp3) is 0.500. The van der Waals surface area contributed by atoms with Crippen molar-refractivity contribution in [3.8, 4) is 0 Å². The third kappa shape index (κ3) is 9.14. The van der Waals surface area contributed by atoms with Crippen LogP contribution >= 0.6 is 0 Å². The quantitative estimate of drug-likeness (QED) is 0.248. The Morgan fingerprint density at radius 1 is 1.12 bits per heavy atom. The first-order chi connectivity index (χ1) is 12.6. The zero-order valence-electron chi connectivity index (χ0n) is 15.0. The first kappa shape index (κ1) is 21.6. The molecule has 1 aromatic carbocycles. The van der Waals surface area contributed by atoms with Crippen molar-refractivity contribution in [1.29, 1.82) is 0 Å². The van der Waals surface area contributed by atoms with Gasteiger partial charge in [-0.25, -0.2) is 5.48 Å². The molecule has 0 aromatic heterocycles. The topological polar surface area (TPSA) is 117 Å². The van der Waals surface area contributed by atoms with Crippen LogP contribution in [-0.4, -0.2) is 43.1 Å². The summed E-state index contributed by atoms with van der Waals surface area (Å²) in [5.41, 5.74) is 2.63. The Labute approximate surface area is 153 Å². The maximum absolute atomic E-state index is 12.1. The third-order valence-corrected chi connectivity index (χ3v) is 3.83. The van der Waals surface area contributed by atoms with Crippen LogP contribution in [0.1, 0.15) is 31.2 Å². The molecule has 4 N–H and O–H groups in total. The highest BCUT2D eigenvalue weighted by Gasteiger charge is 2.21. The monoisotopic (exact) mass is 365 g/mol. The summed E-state index contributed by atoms with van der Waals surface area (Å²) >= 11 is 0. The Kier molecular flexibility index (Phi) is 10.7. The van der Waals surface area contributed by atoms with Crippen LogP contribution in [0.25, 0.3) is 0 Å². The van der Waals surface area contributed by atoms with Crippen molar-refractivity contribution in [2.24, 2.45) is 5.92 Å². The summed E-state index contributed by atoms with van der Waals surface area (Å²) in [4.78, 5) is 34.7. The van der Waals surface area contributed by atoms with Gasteiger partial charge >= 0.3 is 0 Å². The van der Waals surface area contributed by atoms with Crippen molar-refractivity contribution in [2.75, 3.05) is 20.2 Å². The molecule has 0 heterocycles. The molecule has 144 valence electrons. The van der Waals surface area contributed by atoms with Crippen LogP contribution < -0.4 is 16.1 Å². The average molecular weight is 365 g/mol. The minimum Gasteiger partial charge on any atom is -0.377 e. The van der Waals surface area contributed by atoms with Gasteiger partial charge in [-0.15, -0.1) is 0 Å². The number of likely N-dealkylation sites (N-methyl/N-ethyl adjacent to an activating group) is 1. The van der Waals surface area contributed by atoms with E-state index in [1.165, 1.54) is 12.5 Å². The van der Waals surface area contributed by atoms with E-state index < -0.39 is 11.8 Å². The molecule has 1 aromatic rings. The van der Waals surface area contributed by atoms with Gasteiger partial charge in [0.2, 0.25) is 17.7 Å². The Hall–Kier alpha value is -2.45. The molecule has 8 heteroatoms. The van der Waals surface area contributed by atoms with Crippen molar-refractivity contribution >= 4 is 17.7 Å². The molecule has 1 atom stereocenters. The molecule has 0 aliphatic rings. The van der Waals surface area contributed by atoms with E-state index in [4.69, 9.17) is 9.94 Å². The molecule has 0 unspecified atom stereocenters. The van der Waals surface area contributed by atoms with Crippen LogP contribution in [0.2, 0.25) is 0 Å². The highest BCUT2D eigenvalue weighted by atomic mass is 16.5. The Balaban J connectivity index is 2.31. The van der Waals surface area contributed by atoms with Crippen molar-refractivity contribution in [1.82, 2.24) is 16.1 Å². The van der Waals surface area contributed by atoms with Gasteiger partial charge in [0.1, 0.15) is 0 Å². The van der Waals surface area contributed by atoms with Crippen LogP contribution in [0.15, 0.2) is 30.3 Å². The number of rotatable bonds is 12. The van der Waals surface area contributed by atoms with Gasteiger partial charge in [-0.1, -0.05) is 36.8 Å². The predicted octanol–water partition coefficient (Wildman–Crippen LogP) is 0.747. The minimum absolute atomic E-state index is 0.138. The zero-order valence-corrected chi connectivity index (χ0v) is 15.0. The number of nitrogens with one attached hydrogen (secondary N) is 3. The number of hydroxylamine groups is 1. The molecule has 0 saturated heterocycles. The lowest BCUT2D eigenvalue weighted by Gasteiger charge is -2.15. The van der Waals surface area contributed by atoms with E-state index in [0.29, 0.717) is 26.1 Å². The zero-order chi connectivity index (χ0) is 19.2. The fourth-order valence-corrected chi connectivity index (χ4v) is 2.35. The van der Waals surface area contributed by atoms with E-state index in [0.717, 1.165) is 12.0 Å². The van der Waals surface area contributed by atoms with Gasteiger partial charge in [0.15, 0.2) is 0 Å². The van der Waals surface area contributed by atoms with E-state index >= 15 is 0 Å². The highest BCUT2D eigenvalue weighted by molar-refractivity contribution is 5.88. The second-order valence-electron chi connectivity index (χ2n) is 5.86. The van der Waals surface area contributed by atoms with Gasteiger partial charge < -0.3 is 15.4 Å². The van der Waals surface area contributed by atoms with Crippen LogP contribution in [-0.2, 0) is 25.7 Å². The number of unbranched alkanes of at least 4 members (excludes halogenated alkanes) is 1. The summed E-state index contributed by atoms with van der Waals surface area (Å²) in [6.45, 7) is 0.935. The summed E-state index contributed by atoms with van der Waals surface area (Å²) in [5, 5.41) is 13.6. The molecule has 0 bridgehead atoms. The molecule has 1 rings (SSSR count). The second kappa shape index (κ2) is 12.8. The van der Waals surface area contributed by atoms with Crippen LogP contribution in [0.3, 0.4) is 0 Å². The Morgan fingerprint density at radius 3 is 2.50 bits per heavy atom. The predicted molar refractivity (Wildman–Crippen MR) is 95.1 cm³/mol. The molecule has 8 nitrogen and oxygen atoms in total. The Bertz CT molecular complexity index is 565. The molecule has 0 radical (unpaired) electrons. The van der Waals surface area contributed by atoms with E-state index in [9.17, 15) is 14.4 Å². The van der Waals surface area contributed by atoms with Crippen molar-refractivity contribution in [2.45, 2.75) is 32.3 Å². The van der Waals surface area contributed by atoms with Crippen molar-refractivity contribution < 1.29 is 24.3 Å². The van der Waals surface area contributed by atoms with E-state index in [2.05, 4.69) is 10.6 Å². The molecule has 0 aliphatic carbocycles. The molecule has 26 heavy (non-hydrogen) atoms. The maximum Gasteiger partial charge on any atom is 0.244 e. The first-order valence-electron chi connectivity index (χ1n) is 8.59. The normalized spacial score (nSPS) is 11.5. The van der Waals surface area contributed by atoms with Crippen LogP contribution in [0, 0.1) is 5.92 Å². The standard InChI is InChI=1S/C18H27N3O5/c1-19-17(23)12-20-18(24)15(11-16(22)21-25)9-5-6-10-26-13-14-7-3-2-4-8-14/h2-4,7-8,15,25H,5-6,9-13H2,1H3,(H,19,23)(H,20,24)(H,21,22)/t15-/m1/s1. The average Bonchev–Trinajstić information content (AvgIpc) is 2.67. The van der Waals surface area contributed by atoms with E-state index in [-0.39, 0.29) is 24.8 Å². The number of benzene rings is 1. The number of amides is 3. The number of hydrogen-bond acceptors (Lipinski definition) is 5. The first-order valence-corrected chi connectivity index (χ1v) is 8.59. The summed E-state index contributed by atoms with van der Waals surface area (Å²) in [7, 11) is 1.47. The van der Waals surface area contributed by atoms with Gasteiger partial charge in [-0.3, -0.25) is 19.6 Å². The molecule has 0 saturated carbocycles. The van der Waals surface area contributed by atoms with Crippen molar-refractivity contribution in [3.63, 3.8) is 0 Å². The Morgan fingerprint density at radius 2 is 1.85 bits per heavy atom. The molecule has 0 fully saturated rings. The molecule has 3 amide bonds. The fourth-order valence-electron chi connectivity index (χ4n) is 2.35. The van der Waals surface area contributed by atoms with Crippen molar-refractivity contribution in [3.05, 3.63) is 35.9 Å². The van der Waals surface area contributed by atoms with E-state index in [1.807, 2.05) is 30.3 Å². The smallest absolute Gasteiger partial charge is 0.244 e. The number of hydrogen-bond donors (Lipinski definition) is 4. The molecular weight excluding hydrogens is 338 g/mol. The summed E-state index contributed by atoms with van der Waals surface area (Å²) in [6, 6.07) is 9.82. The van der Waals surface area contributed by atoms with Gasteiger partial charge in [0.25, 0.3) is 0 Å². The lowest BCUT2D eigenvalue weighted by molar-refractivity contribution is -0.135. The van der Waals surface area contributed by atoms with E-state index in [1.54, 1.807) is 0 Å². The third-order valence-electron chi connectivity index (χ3n) is 3.83. The van der Waals surface area contributed by atoms with Crippen LogP contribution in [0.5, 0.6) is 0 Å². The number of carbonyl (C=O) groups excluding carboxylic acids is 3. The SMILES string of the molecule is CNC(=O)CNC(=O)[C@H](CCCCOCc1ccccc1)CC(=O)NO. The van der Waals surface area contributed by atoms with Gasteiger partial charge in [0.05, 0.1) is 13.2 Å².